The van der Waals surface area contributed by atoms with Crippen LogP contribution in [0.3, 0.4) is 0 Å². The highest BCUT2D eigenvalue weighted by Gasteiger charge is 2.40. The summed E-state index contributed by atoms with van der Waals surface area (Å²) in [6.45, 7) is 1.47. The molecular formula is C10H11NO3. The molecule has 1 aromatic carbocycles. The smallest absolute Gasteiger partial charge is 0.256 e. The van der Waals surface area contributed by atoms with E-state index in [-0.39, 0.29) is 12.3 Å². The Kier molecular flexibility index (Phi) is 2.02. The van der Waals surface area contributed by atoms with Crippen molar-refractivity contribution in [1.29, 1.82) is 0 Å². The van der Waals surface area contributed by atoms with Gasteiger partial charge in [-0.25, -0.2) is 4.84 Å². The van der Waals surface area contributed by atoms with Crippen molar-refractivity contribution in [2.75, 3.05) is 5.06 Å². The molecule has 4 heteroatoms. The van der Waals surface area contributed by atoms with Gasteiger partial charge in [0.15, 0.2) is 5.79 Å². The second-order valence-electron chi connectivity index (χ2n) is 3.47. The third kappa shape index (κ3) is 1.62. The summed E-state index contributed by atoms with van der Waals surface area (Å²) in [6.07, 6.45) is -0.0120. The predicted octanol–water partition coefficient (Wildman–Crippen LogP) is 1.06. The largest absolute Gasteiger partial charge is 0.363 e. The quantitative estimate of drug-likeness (QED) is 0.725. The van der Waals surface area contributed by atoms with E-state index < -0.39 is 5.79 Å². The van der Waals surface area contributed by atoms with Crippen molar-refractivity contribution in [1.82, 2.24) is 0 Å². The van der Waals surface area contributed by atoms with Crippen molar-refractivity contribution in [3.05, 3.63) is 30.3 Å². The van der Waals surface area contributed by atoms with Crippen molar-refractivity contribution in [2.24, 2.45) is 0 Å². The normalized spacial score (nSPS) is 27.0. The van der Waals surface area contributed by atoms with Gasteiger partial charge >= 0.3 is 0 Å². The second-order valence-corrected chi connectivity index (χ2v) is 3.47. The van der Waals surface area contributed by atoms with Crippen molar-refractivity contribution in [3.63, 3.8) is 0 Å². The van der Waals surface area contributed by atoms with Gasteiger partial charge in [-0.05, 0) is 19.1 Å². The fraction of sp³-hybridized carbons (Fsp3) is 0.300. The third-order valence-electron chi connectivity index (χ3n) is 1.98. The zero-order valence-corrected chi connectivity index (χ0v) is 7.80. The first kappa shape index (κ1) is 9.18. The van der Waals surface area contributed by atoms with E-state index >= 15 is 0 Å². The SMILES string of the molecule is C[C@]1(O)CC(=O)N(c2ccccc2)O1. The lowest BCUT2D eigenvalue weighted by molar-refractivity contribution is -0.163. The summed E-state index contributed by atoms with van der Waals surface area (Å²) in [5, 5.41) is 10.6. The number of hydrogen-bond acceptors (Lipinski definition) is 3. The summed E-state index contributed by atoms with van der Waals surface area (Å²) in [7, 11) is 0. The van der Waals surface area contributed by atoms with Gasteiger partial charge in [0, 0.05) is 0 Å². The third-order valence-corrected chi connectivity index (χ3v) is 1.98. The molecule has 1 N–H and O–H groups in total. The number of rotatable bonds is 1. The molecule has 0 aliphatic carbocycles. The fourth-order valence-electron chi connectivity index (χ4n) is 1.39. The molecule has 1 fully saturated rings. The zero-order valence-electron chi connectivity index (χ0n) is 7.80. The molecule has 14 heavy (non-hydrogen) atoms. The van der Waals surface area contributed by atoms with E-state index in [4.69, 9.17) is 4.84 Å². The van der Waals surface area contributed by atoms with Crippen LogP contribution in [0.25, 0.3) is 0 Å². The van der Waals surface area contributed by atoms with E-state index in [1.54, 1.807) is 24.3 Å². The van der Waals surface area contributed by atoms with Crippen LogP contribution in [-0.2, 0) is 9.63 Å². The molecule has 1 aromatic rings. The van der Waals surface area contributed by atoms with Crippen LogP contribution in [0.1, 0.15) is 13.3 Å². The van der Waals surface area contributed by atoms with Crippen LogP contribution in [-0.4, -0.2) is 16.8 Å². The first-order chi connectivity index (χ1) is 6.58. The van der Waals surface area contributed by atoms with Gasteiger partial charge in [-0.15, -0.1) is 0 Å². The number of benzene rings is 1. The molecule has 0 radical (unpaired) electrons. The first-order valence-electron chi connectivity index (χ1n) is 4.38. The molecule has 1 aliphatic rings. The van der Waals surface area contributed by atoms with Crippen molar-refractivity contribution < 1.29 is 14.7 Å². The summed E-state index contributed by atoms with van der Waals surface area (Å²) in [4.78, 5) is 16.5. The Morgan fingerprint density at radius 1 is 1.43 bits per heavy atom. The van der Waals surface area contributed by atoms with Crippen LogP contribution in [0.4, 0.5) is 5.69 Å². The summed E-state index contributed by atoms with van der Waals surface area (Å²) >= 11 is 0. The number of nitrogens with zero attached hydrogens (tertiary/aromatic N) is 1. The molecule has 74 valence electrons. The molecular weight excluding hydrogens is 182 g/mol. The molecule has 0 aromatic heterocycles. The number of carbonyl (C=O) groups is 1. The van der Waals surface area contributed by atoms with Crippen LogP contribution in [0.2, 0.25) is 0 Å². The van der Waals surface area contributed by atoms with Gasteiger partial charge in [0.05, 0.1) is 12.1 Å². The van der Waals surface area contributed by atoms with Crippen LogP contribution in [0.5, 0.6) is 0 Å². The van der Waals surface area contributed by atoms with E-state index in [0.29, 0.717) is 5.69 Å². The fourth-order valence-corrected chi connectivity index (χ4v) is 1.39. The minimum Gasteiger partial charge on any atom is -0.363 e. The minimum absolute atomic E-state index is 0.0120. The molecule has 0 unspecified atom stereocenters. The van der Waals surface area contributed by atoms with Crippen LogP contribution in [0.15, 0.2) is 30.3 Å². The maximum atomic E-state index is 11.4. The lowest BCUT2D eigenvalue weighted by Gasteiger charge is -2.18. The summed E-state index contributed by atoms with van der Waals surface area (Å²) in [5.74, 6) is -1.62. The number of aliphatic hydroxyl groups is 1. The van der Waals surface area contributed by atoms with Crippen LogP contribution in [0, 0.1) is 0 Å². The molecule has 2 rings (SSSR count). The molecule has 1 heterocycles. The Bertz CT molecular complexity index is 348. The molecule has 1 amide bonds. The maximum absolute atomic E-state index is 11.4. The number of carbonyl (C=O) groups excluding carboxylic acids is 1. The van der Waals surface area contributed by atoms with Crippen molar-refractivity contribution in [3.8, 4) is 0 Å². The average Bonchev–Trinajstić information content (AvgIpc) is 2.41. The van der Waals surface area contributed by atoms with Gasteiger partial charge in [-0.1, -0.05) is 18.2 Å². The average molecular weight is 193 g/mol. The first-order valence-corrected chi connectivity index (χ1v) is 4.38. The predicted molar refractivity (Wildman–Crippen MR) is 50.3 cm³/mol. The van der Waals surface area contributed by atoms with Crippen LogP contribution >= 0.6 is 0 Å². The summed E-state index contributed by atoms with van der Waals surface area (Å²) in [6, 6.07) is 8.96. The van der Waals surface area contributed by atoms with E-state index in [9.17, 15) is 9.90 Å². The second kappa shape index (κ2) is 3.08. The molecule has 4 nitrogen and oxygen atoms in total. The zero-order chi connectivity index (χ0) is 10.2. The monoisotopic (exact) mass is 193 g/mol. The Balaban J connectivity index is 2.26. The number of hydroxylamine groups is 1. The molecule has 1 saturated heterocycles. The molecule has 0 spiro atoms. The van der Waals surface area contributed by atoms with E-state index in [1.807, 2.05) is 6.07 Å². The van der Waals surface area contributed by atoms with E-state index in [1.165, 1.54) is 6.92 Å². The van der Waals surface area contributed by atoms with Gasteiger partial charge in [-0.3, -0.25) is 4.79 Å². The summed E-state index contributed by atoms with van der Waals surface area (Å²) < 4.78 is 0. The van der Waals surface area contributed by atoms with Gasteiger partial charge in [0.25, 0.3) is 5.91 Å². The lowest BCUT2D eigenvalue weighted by Crippen LogP contribution is -2.27. The highest BCUT2D eigenvalue weighted by atomic mass is 16.8. The molecule has 0 saturated carbocycles. The van der Waals surface area contributed by atoms with Crippen molar-refractivity contribution in [2.45, 2.75) is 19.1 Å². The minimum atomic E-state index is -1.38. The Hall–Kier alpha value is -1.39. The van der Waals surface area contributed by atoms with Crippen LogP contribution < -0.4 is 5.06 Å². The Morgan fingerprint density at radius 2 is 2.07 bits per heavy atom. The van der Waals surface area contributed by atoms with Gasteiger partial charge in [0.2, 0.25) is 0 Å². The number of hydrogen-bond donors (Lipinski definition) is 1. The number of para-hydroxylation sites is 1. The summed E-state index contributed by atoms with van der Waals surface area (Å²) in [5.41, 5.74) is 0.635. The van der Waals surface area contributed by atoms with Gasteiger partial charge in [0.1, 0.15) is 0 Å². The number of anilines is 1. The maximum Gasteiger partial charge on any atom is 0.256 e. The molecule has 0 bridgehead atoms. The van der Waals surface area contributed by atoms with Crippen molar-refractivity contribution >= 4 is 11.6 Å². The number of amides is 1. The highest BCUT2D eigenvalue weighted by Crippen LogP contribution is 2.28. The van der Waals surface area contributed by atoms with E-state index in [2.05, 4.69) is 0 Å². The Labute approximate surface area is 81.7 Å². The van der Waals surface area contributed by atoms with Gasteiger partial charge < -0.3 is 5.11 Å². The standard InChI is InChI=1S/C10H11NO3/c1-10(13)7-9(12)11(14-10)8-5-3-2-4-6-8/h2-6,13H,7H2,1H3/t10-/m1/s1. The molecule has 1 aliphatic heterocycles. The highest BCUT2D eigenvalue weighted by molar-refractivity contribution is 5.93. The van der Waals surface area contributed by atoms with Gasteiger partial charge in [-0.2, -0.15) is 5.06 Å². The molecule has 1 atom stereocenters. The lowest BCUT2D eigenvalue weighted by atomic mass is 10.2. The van der Waals surface area contributed by atoms with E-state index in [0.717, 1.165) is 5.06 Å². The topological polar surface area (TPSA) is 49.8 Å². The Morgan fingerprint density at radius 3 is 2.57 bits per heavy atom.